The second-order valence-corrected chi connectivity index (χ2v) is 4.55. The lowest BCUT2D eigenvalue weighted by atomic mass is 10.2. The van der Waals surface area contributed by atoms with Crippen LogP contribution in [0, 0.1) is 0 Å². The van der Waals surface area contributed by atoms with Crippen LogP contribution >= 0.6 is 15.9 Å². The minimum absolute atomic E-state index is 0.165. The number of esters is 1. The molecular weight excluding hydrogens is 282 g/mol. The second kappa shape index (κ2) is 7.45. The van der Waals surface area contributed by atoms with Gasteiger partial charge in [0.15, 0.2) is 0 Å². The van der Waals surface area contributed by atoms with Gasteiger partial charge in [0.1, 0.15) is 0 Å². The highest BCUT2D eigenvalue weighted by molar-refractivity contribution is 9.10. The van der Waals surface area contributed by atoms with E-state index in [1.165, 1.54) is 5.56 Å². The molecule has 1 aromatic carbocycles. The summed E-state index contributed by atoms with van der Waals surface area (Å²) in [6.07, 6.45) is 0. The van der Waals surface area contributed by atoms with Crippen LogP contribution in [-0.2, 0) is 16.1 Å². The topological polar surface area (TPSA) is 29.5 Å². The van der Waals surface area contributed by atoms with E-state index in [0.29, 0.717) is 13.2 Å². The second-order valence-electron chi connectivity index (χ2n) is 3.70. The Morgan fingerprint density at radius 2 is 2.06 bits per heavy atom. The van der Waals surface area contributed by atoms with Crippen molar-refractivity contribution >= 4 is 21.9 Å². The monoisotopic (exact) mass is 299 g/mol. The zero-order valence-corrected chi connectivity index (χ0v) is 11.9. The van der Waals surface area contributed by atoms with Crippen molar-refractivity contribution in [3.8, 4) is 0 Å². The van der Waals surface area contributed by atoms with Gasteiger partial charge in [-0.3, -0.25) is 9.69 Å². The van der Waals surface area contributed by atoms with Gasteiger partial charge in [0, 0.05) is 11.0 Å². The van der Waals surface area contributed by atoms with E-state index >= 15 is 0 Å². The Morgan fingerprint density at radius 1 is 1.35 bits per heavy atom. The Balaban J connectivity index is 2.58. The van der Waals surface area contributed by atoms with Crippen LogP contribution in [0.3, 0.4) is 0 Å². The molecule has 0 amide bonds. The molecule has 0 radical (unpaired) electrons. The van der Waals surface area contributed by atoms with Crippen LogP contribution in [0.1, 0.15) is 19.4 Å². The third-order valence-corrected chi connectivity index (χ3v) is 3.23. The first kappa shape index (κ1) is 14.2. The van der Waals surface area contributed by atoms with E-state index < -0.39 is 0 Å². The van der Waals surface area contributed by atoms with Gasteiger partial charge in [-0.2, -0.15) is 0 Å². The van der Waals surface area contributed by atoms with Crippen molar-refractivity contribution in [3.63, 3.8) is 0 Å². The zero-order chi connectivity index (χ0) is 12.7. The number of halogens is 1. The van der Waals surface area contributed by atoms with Crippen LogP contribution in [0.2, 0.25) is 0 Å². The maximum absolute atomic E-state index is 11.4. The van der Waals surface area contributed by atoms with Gasteiger partial charge in [0.05, 0.1) is 13.2 Å². The number of nitrogens with zero attached hydrogens (tertiary/aromatic N) is 1. The lowest BCUT2D eigenvalue weighted by Gasteiger charge is -2.19. The van der Waals surface area contributed by atoms with E-state index in [2.05, 4.69) is 26.9 Å². The summed E-state index contributed by atoms with van der Waals surface area (Å²) in [6, 6.07) is 8.04. The fraction of sp³-hybridized carbons (Fsp3) is 0.462. The molecule has 0 saturated heterocycles. The standard InChI is InChI=1S/C13H18BrNO2/c1-3-15(10-13(16)17-4-2)9-11-7-5-6-8-12(11)14/h5-8H,3-4,9-10H2,1-2H3. The van der Waals surface area contributed by atoms with Gasteiger partial charge in [-0.05, 0) is 25.1 Å². The van der Waals surface area contributed by atoms with Crippen molar-refractivity contribution in [2.24, 2.45) is 0 Å². The van der Waals surface area contributed by atoms with Gasteiger partial charge in [0.2, 0.25) is 0 Å². The molecule has 1 aromatic rings. The van der Waals surface area contributed by atoms with E-state index in [0.717, 1.165) is 17.6 Å². The Labute approximate surface area is 111 Å². The van der Waals surface area contributed by atoms with Gasteiger partial charge in [-0.1, -0.05) is 41.1 Å². The molecule has 0 aliphatic carbocycles. The highest BCUT2D eigenvalue weighted by Crippen LogP contribution is 2.17. The average molecular weight is 300 g/mol. The van der Waals surface area contributed by atoms with E-state index in [4.69, 9.17) is 4.74 Å². The quantitative estimate of drug-likeness (QED) is 0.757. The molecule has 94 valence electrons. The number of ether oxygens (including phenoxy) is 1. The number of hydrogen-bond donors (Lipinski definition) is 0. The molecule has 0 atom stereocenters. The SMILES string of the molecule is CCOC(=O)CN(CC)Cc1ccccc1Br. The molecule has 1 rings (SSSR count). The molecule has 0 aliphatic heterocycles. The molecule has 0 fully saturated rings. The van der Waals surface area contributed by atoms with E-state index in [9.17, 15) is 4.79 Å². The normalized spacial score (nSPS) is 10.6. The van der Waals surface area contributed by atoms with Gasteiger partial charge in [0.25, 0.3) is 0 Å². The summed E-state index contributed by atoms with van der Waals surface area (Å²) in [5, 5.41) is 0. The Hall–Kier alpha value is -0.870. The predicted octanol–water partition coefficient (Wildman–Crippen LogP) is 2.83. The van der Waals surface area contributed by atoms with Crippen LogP contribution in [0.15, 0.2) is 28.7 Å². The minimum atomic E-state index is -0.165. The summed E-state index contributed by atoms with van der Waals surface area (Å²) in [5.74, 6) is -0.165. The highest BCUT2D eigenvalue weighted by Gasteiger charge is 2.11. The van der Waals surface area contributed by atoms with Crippen LogP contribution < -0.4 is 0 Å². The number of benzene rings is 1. The first-order valence-corrected chi connectivity index (χ1v) is 6.58. The number of carbonyl (C=O) groups is 1. The summed E-state index contributed by atoms with van der Waals surface area (Å²) in [4.78, 5) is 13.5. The van der Waals surface area contributed by atoms with Crippen molar-refractivity contribution in [1.82, 2.24) is 4.90 Å². The molecule has 0 spiro atoms. The molecule has 0 saturated carbocycles. The third kappa shape index (κ3) is 4.88. The van der Waals surface area contributed by atoms with Crippen molar-refractivity contribution < 1.29 is 9.53 Å². The molecule has 0 unspecified atom stereocenters. The summed E-state index contributed by atoms with van der Waals surface area (Å²) in [6.45, 7) is 6.20. The fourth-order valence-corrected chi connectivity index (χ4v) is 1.95. The van der Waals surface area contributed by atoms with Crippen LogP contribution in [0.25, 0.3) is 0 Å². The third-order valence-electron chi connectivity index (χ3n) is 2.46. The maximum atomic E-state index is 11.4. The number of rotatable bonds is 6. The smallest absolute Gasteiger partial charge is 0.320 e. The number of hydrogen-bond acceptors (Lipinski definition) is 3. The maximum Gasteiger partial charge on any atom is 0.320 e. The van der Waals surface area contributed by atoms with E-state index in [1.54, 1.807) is 0 Å². The summed E-state index contributed by atoms with van der Waals surface area (Å²) in [7, 11) is 0. The largest absolute Gasteiger partial charge is 0.465 e. The highest BCUT2D eigenvalue weighted by atomic mass is 79.9. The minimum Gasteiger partial charge on any atom is -0.465 e. The summed E-state index contributed by atoms with van der Waals surface area (Å²) < 4.78 is 6.02. The van der Waals surface area contributed by atoms with Crippen molar-refractivity contribution in [2.45, 2.75) is 20.4 Å². The van der Waals surface area contributed by atoms with Gasteiger partial charge < -0.3 is 4.74 Å². The number of carbonyl (C=O) groups excluding carboxylic acids is 1. The first-order valence-electron chi connectivity index (χ1n) is 5.78. The lowest BCUT2D eigenvalue weighted by Crippen LogP contribution is -2.30. The molecule has 0 N–H and O–H groups in total. The zero-order valence-electron chi connectivity index (χ0n) is 10.3. The summed E-state index contributed by atoms with van der Waals surface area (Å²) >= 11 is 3.51. The van der Waals surface area contributed by atoms with Gasteiger partial charge in [-0.15, -0.1) is 0 Å². The number of likely N-dealkylation sites (N-methyl/N-ethyl adjacent to an activating group) is 1. The predicted molar refractivity (Wildman–Crippen MR) is 71.7 cm³/mol. The van der Waals surface area contributed by atoms with Gasteiger partial charge in [-0.25, -0.2) is 0 Å². The van der Waals surface area contributed by atoms with Crippen LogP contribution in [0.5, 0.6) is 0 Å². The summed E-state index contributed by atoms with van der Waals surface area (Å²) in [5.41, 5.74) is 1.18. The Bertz CT molecular complexity index is 368. The average Bonchev–Trinajstić information content (AvgIpc) is 2.31. The molecule has 0 aromatic heterocycles. The van der Waals surface area contributed by atoms with E-state index in [1.807, 2.05) is 32.0 Å². The molecule has 17 heavy (non-hydrogen) atoms. The van der Waals surface area contributed by atoms with Gasteiger partial charge >= 0.3 is 5.97 Å². The lowest BCUT2D eigenvalue weighted by molar-refractivity contribution is -0.144. The Kier molecular flexibility index (Phi) is 6.22. The van der Waals surface area contributed by atoms with Crippen molar-refractivity contribution in [1.29, 1.82) is 0 Å². The molecule has 3 nitrogen and oxygen atoms in total. The molecular formula is C13H18BrNO2. The Morgan fingerprint density at radius 3 is 2.65 bits per heavy atom. The molecule has 0 aliphatic rings. The fourth-order valence-electron chi connectivity index (χ4n) is 1.54. The van der Waals surface area contributed by atoms with Crippen LogP contribution in [0.4, 0.5) is 0 Å². The molecule has 0 heterocycles. The van der Waals surface area contributed by atoms with Crippen LogP contribution in [-0.4, -0.2) is 30.6 Å². The van der Waals surface area contributed by atoms with Crippen molar-refractivity contribution in [3.05, 3.63) is 34.3 Å². The molecule has 0 bridgehead atoms. The first-order chi connectivity index (χ1) is 8.17. The molecule has 4 heteroatoms. The van der Waals surface area contributed by atoms with Crippen molar-refractivity contribution in [2.75, 3.05) is 19.7 Å². The van der Waals surface area contributed by atoms with E-state index in [-0.39, 0.29) is 5.97 Å².